The standard InChI is InChI=1S/C17H22ClN3O2/c1-3-4-7-10-21(15(22)11-18)12(2)16-19-14-9-6-5-8-13(14)17(23)20-16/h5-6,8-9,12H,3-4,7,10-11H2,1-2H3,(H,19,20,23)/t12-/m0/s1. The summed E-state index contributed by atoms with van der Waals surface area (Å²) in [5.74, 6) is 0.267. The monoisotopic (exact) mass is 335 g/mol. The summed E-state index contributed by atoms with van der Waals surface area (Å²) in [6.07, 6.45) is 3.02. The van der Waals surface area contributed by atoms with E-state index in [-0.39, 0.29) is 23.4 Å². The van der Waals surface area contributed by atoms with E-state index in [1.54, 1.807) is 23.1 Å². The molecule has 1 N–H and O–H groups in total. The van der Waals surface area contributed by atoms with Gasteiger partial charge >= 0.3 is 0 Å². The summed E-state index contributed by atoms with van der Waals surface area (Å²) < 4.78 is 0. The van der Waals surface area contributed by atoms with Gasteiger partial charge in [-0.1, -0.05) is 31.9 Å². The van der Waals surface area contributed by atoms with Crippen LogP contribution in [0.5, 0.6) is 0 Å². The number of benzene rings is 1. The van der Waals surface area contributed by atoms with Gasteiger partial charge in [0.2, 0.25) is 5.91 Å². The zero-order chi connectivity index (χ0) is 16.8. The second kappa shape index (κ2) is 8.11. The first-order valence-electron chi connectivity index (χ1n) is 7.92. The lowest BCUT2D eigenvalue weighted by molar-refractivity contribution is -0.130. The van der Waals surface area contributed by atoms with E-state index in [0.29, 0.717) is 23.3 Å². The number of alkyl halides is 1. The van der Waals surface area contributed by atoms with Gasteiger partial charge in [0.1, 0.15) is 11.7 Å². The average Bonchev–Trinajstić information content (AvgIpc) is 2.57. The number of hydrogen-bond acceptors (Lipinski definition) is 3. The molecule has 0 saturated heterocycles. The Kier molecular flexibility index (Phi) is 6.16. The van der Waals surface area contributed by atoms with Gasteiger partial charge in [-0.2, -0.15) is 0 Å². The molecule has 124 valence electrons. The molecule has 1 heterocycles. The molecule has 1 aromatic carbocycles. The number of aromatic amines is 1. The van der Waals surface area contributed by atoms with E-state index in [1.165, 1.54) is 0 Å². The molecule has 1 atom stereocenters. The van der Waals surface area contributed by atoms with Gasteiger partial charge in [0.05, 0.1) is 16.9 Å². The Labute approximate surface area is 140 Å². The fraction of sp³-hybridized carbons (Fsp3) is 0.471. The van der Waals surface area contributed by atoms with Gasteiger partial charge in [0, 0.05) is 6.54 Å². The number of fused-ring (bicyclic) bond motifs is 1. The van der Waals surface area contributed by atoms with Gasteiger partial charge in [0.15, 0.2) is 0 Å². The lowest BCUT2D eigenvalue weighted by Gasteiger charge is -2.28. The fourth-order valence-corrected chi connectivity index (χ4v) is 2.75. The highest BCUT2D eigenvalue weighted by Crippen LogP contribution is 2.19. The first kappa shape index (κ1) is 17.5. The van der Waals surface area contributed by atoms with Crippen LogP contribution >= 0.6 is 11.6 Å². The Morgan fingerprint density at radius 2 is 2.09 bits per heavy atom. The predicted molar refractivity (Wildman–Crippen MR) is 92.7 cm³/mol. The van der Waals surface area contributed by atoms with Gasteiger partial charge in [-0.15, -0.1) is 11.6 Å². The molecule has 0 spiro atoms. The Hall–Kier alpha value is -1.88. The fourth-order valence-electron chi connectivity index (χ4n) is 2.59. The van der Waals surface area contributed by atoms with Gasteiger partial charge in [-0.25, -0.2) is 4.98 Å². The summed E-state index contributed by atoms with van der Waals surface area (Å²) in [6.45, 7) is 4.58. The quantitative estimate of drug-likeness (QED) is 0.624. The number of rotatable bonds is 7. The van der Waals surface area contributed by atoms with Gasteiger partial charge < -0.3 is 9.88 Å². The highest BCUT2D eigenvalue weighted by molar-refractivity contribution is 6.27. The van der Waals surface area contributed by atoms with Gasteiger partial charge in [0.25, 0.3) is 5.56 Å². The van der Waals surface area contributed by atoms with Crippen LogP contribution in [0.2, 0.25) is 0 Å². The highest BCUT2D eigenvalue weighted by Gasteiger charge is 2.22. The van der Waals surface area contributed by atoms with Crippen LogP contribution in [-0.4, -0.2) is 33.2 Å². The molecule has 6 heteroatoms. The normalized spacial score (nSPS) is 12.3. The summed E-state index contributed by atoms with van der Waals surface area (Å²) in [5, 5.41) is 0.546. The number of para-hydroxylation sites is 1. The molecule has 0 fully saturated rings. The maximum absolute atomic E-state index is 12.2. The maximum atomic E-state index is 12.2. The third kappa shape index (κ3) is 4.10. The number of halogens is 1. The molecule has 1 aromatic heterocycles. The Balaban J connectivity index is 2.33. The molecule has 0 bridgehead atoms. The lowest BCUT2D eigenvalue weighted by atomic mass is 10.2. The average molecular weight is 336 g/mol. The van der Waals surface area contributed by atoms with Crippen LogP contribution in [0.4, 0.5) is 0 Å². The number of amides is 1. The lowest BCUT2D eigenvalue weighted by Crippen LogP contribution is -2.36. The minimum absolute atomic E-state index is 0.0751. The molecule has 1 amide bonds. The number of carbonyl (C=O) groups is 1. The summed E-state index contributed by atoms with van der Waals surface area (Å²) in [7, 11) is 0. The minimum atomic E-state index is -0.324. The number of H-pyrrole nitrogens is 1. The van der Waals surface area contributed by atoms with Crippen molar-refractivity contribution in [2.45, 2.75) is 39.2 Å². The molecular weight excluding hydrogens is 314 g/mol. The van der Waals surface area contributed by atoms with Gasteiger partial charge in [-0.05, 0) is 25.5 Å². The van der Waals surface area contributed by atoms with Crippen molar-refractivity contribution in [3.05, 3.63) is 40.4 Å². The summed E-state index contributed by atoms with van der Waals surface area (Å²) in [6, 6.07) is 6.85. The van der Waals surface area contributed by atoms with Crippen LogP contribution in [-0.2, 0) is 4.79 Å². The highest BCUT2D eigenvalue weighted by atomic mass is 35.5. The number of hydrogen-bond donors (Lipinski definition) is 1. The second-order valence-electron chi connectivity index (χ2n) is 5.57. The van der Waals surface area contributed by atoms with Crippen molar-refractivity contribution in [1.29, 1.82) is 0 Å². The SMILES string of the molecule is CCCCCN(C(=O)CCl)[C@@H](C)c1nc2ccccc2c(=O)[nH]1. The number of carbonyl (C=O) groups excluding carboxylic acids is 1. The van der Waals surface area contributed by atoms with Crippen molar-refractivity contribution < 1.29 is 4.79 Å². The third-order valence-electron chi connectivity index (χ3n) is 3.93. The van der Waals surface area contributed by atoms with Crippen molar-refractivity contribution in [1.82, 2.24) is 14.9 Å². The third-order valence-corrected chi connectivity index (χ3v) is 4.16. The maximum Gasteiger partial charge on any atom is 0.258 e. The van der Waals surface area contributed by atoms with E-state index in [9.17, 15) is 9.59 Å². The minimum Gasteiger partial charge on any atom is -0.332 e. The van der Waals surface area contributed by atoms with E-state index in [0.717, 1.165) is 19.3 Å². The second-order valence-corrected chi connectivity index (χ2v) is 5.84. The molecule has 0 unspecified atom stereocenters. The molecule has 23 heavy (non-hydrogen) atoms. The van der Waals surface area contributed by atoms with Crippen LogP contribution in [0.1, 0.15) is 45.0 Å². The molecule has 0 saturated carbocycles. The smallest absolute Gasteiger partial charge is 0.258 e. The van der Waals surface area contributed by atoms with E-state index < -0.39 is 0 Å². The summed E-state index contributed by atoms with van der Waals surface area (Å²) in [5.41, 5.74) is 0.439. The van der Waals surface area contributed by atoms with E-state index in [2.05, 4.69) is 16.9 Å². The summed E-state index contributed by atoms with van der Waals surface area (Å²) >= 11 is 5.73. The number of aromatic nitrogens is 2. The molecule has 2 aromatic rings. The van der Waals surface area contributed by atoms with Crippen LogP contribution in [0, 0.1) is 0 Å². The number of nitrogens with zero attached hydrogens (tertiary/aromatic N) is 2. The molecule has 2 rings (SSSR count). The van der Waals surface area contributed by atoms with E-state index in [4.69, 9.17) is 11.6 Å². The van der Waals surface area contributed by atoms with Crippen LogP contribution in [0.25, 0.3) is 10.9 Å². The topological polar surface area (TPSA) is 66.1 Å². The molecule has 0 radical (unpaired) electrons. The molecule has 5 nitrogen and oxygen atoms in total. The Morgan fingerprint density at radius 1 is 1.35 bits per heavy atom. The molecule has 0 aliphatic carbocycles. The Morgan fingerprint density at radius 3 is 2.78 bits per heavy atom. The Bertz CT molecular complexity index is 729. The number of unbranched alkanes of at least 4 members (excludes halogenated alkanes) is 2. The van der Waals surface area contributed by atoms with E-state index in [1.807, 2.05) is 13.0 Å². The molecular formula is C17H22ClN3O2. The summed E-state index contributed by atoms with van der Waals surface area (Å²) in [4.78, 5) is 33.3. The zero-order valence-electron chi connectivity index (χ0n) is 13.5. The predicted octanol–water partition coefficient (Wildman–Crippen LogP) is 3.24. The zero-order valence-corrected chi connectivity index (χ0v) is 14.3. The molecule has 0 aliphatic rings. The van der Waals surface area contributed by atoms with Crippen LogP contribution in [0.15, 0.2) is 29.1 Å². The largest absolute Gasteiger partial charge is 0.332 e. The van der Waals surface area contributed by atoms with Crippen molar-refractivity contribution in [3.63, 3.8) is 0 Å². The van der Waals surface area contributed by atoms with Crippen molar-refractivity contribution in [2.75, 3.05) is 12.4 Å². The first-order chi connectivity index (χ1) is 11.1. The van der Waals surface area contributed by atoms with Crippen LogP contribution < -0.4 is 5.56 Å². The van der Waals surface area contributed by atoms with Crippen molar-refractivity contribution in [3.8, 4) is 0 Å². The van der Waals surface area contributed by atoms with Crippen molar-refractivity contribution >= 4 is 28.4 Å². The van der Waals surface area contributed by atoms with E-state index >= 15 is 0 Å². The van der Waals surface area contributed by atoms with Crippen molar-refractivity contribution in [2.24, 2.45) is 0 Å². The first-order valence-corrected chi connectivity index (χ1v) is 8.46. The number of nitrogens with one attached hydrogen (secondary N) is 1. The van der Waals surface area contributed by atoms with Crippen LogP contribution in [0.3, 0.4) is 0 Å². The van der Waals surface area contributed by atoms with Gasteiger partial charge in [-0.3, -0.25) is 9.59 Å². The molecule has 0 aliphatic heterocycles.